The molecular weight excluding hydrogens is 316 g/mol. The summed E-state index contributed by atoms with van der Waals surface area (Å²) in [6.45, 7) is 21.5. The Labute approximate surface area is 164 Å². The van der Waals surface area contributed by atoms with Crippen molar-refractivity contribution in [2.45, 2.75) is 136 Å². The molecule has 0 amide bonds. The molecule has 2 heteroatoms. The summed E-state index contributed by atoms with van der Waals surface area (Å²) in [5.74, 6) is 2.68. The lowest BCUT2D eigenvalue weighted by Gasteiger charge is -2.48. The second-order valence-electron chi connectivity index (χ2n) is 12.4. The third kappa shape index (κ3) is 6.82. The van der Waals surface area contributed by atoms with Crippen LogP contribution in [0.4, 0.5) is 0 Å². The van der Waals surface area contributed by atoms with Crippen molar-refractivity contribution in [2.75, 3.05) is 0 Å². The van der Waals surface area contributed by atoms with Crippen LogP contribution in [-0.2, 0) is 0 Å². The van der Waals surface area contributed by atoms with E-state index in [0.29, 0.717) is 0 Å². The molecule has 0 aromatic heterocycles. The summed E-state index contributed by atoms with van der Waals surface area (Å²) in [7, 11) is 0. The maximum Gasteiger partial charge on any atom is 0.0132 e. The van der Waals surface area contributed by atoms with Crippen LogP contribution in [0, 0.1) is 17.8 Å². The molecule has 154 valence electrons. The second-order valence-corrected chi connectivity index (χ2v) is 12.4. The van der Waals surface area contributed by atoms with Gasteiger partial charge in [-0.05, 0) is 105 Å². The van der Waals surface area contributed by atoms with Gasteiger partial charge < -0.3 is 10.6 Å². The minimum atomic E-state index is 0.286. The number of rotatable bonds is 6. The van der Waals surface area contributed by atoms with Gasteiger partial charge in [-0.15, -0.1) is 0 Å². The van der Waals surface area contributed by atoms with Gasteiger partial charge in [0, 0.05) is 22.2 Å². The summed E-state index contributed by atoms with van der Waals surface area (Å²) in [4.78, 5) is 0. The van der Waals surface area contributed by atoms with Gasteiger partial charge >= 0.3 is 0 Å². The monoisotopic (exact) mass is 364 g/mol. The Balaban J connectivity index is 1.89. The molecule has 0 aliphatic carbocycles. The van der Waals surface area contributed by atoms with Crippen LogP contribution in [0.1, 0.15) is 114 Å². The fourth-order valence-electron chi connectivity index (χ4n) is 6.87. The molecule has 2 aliphatic rings. The number of piperidine rings is 2. The first-order valence-corrected chi connectivity index (χ1v) is 11.3. The van der Waals surface area contributed by atoms with Crippen LogP contribution < -0.4 is 10.6 Å². The molecule has 0 saturated carbocycles. The number of hydrogen-bond donors (Lipinski definition) is 2. The Kier molecular flexibility index (Phi) is 6.61. The van der Waals surface area contributed by atoms with Crippen molar-refractivity contribution >= 4 is 0 Å². The SMILES string of the molecule is CCC(CCC1CC(C)(C)NC(C)(C)C1)CC1CC(C)(C)NC(C)(C)C1. The first-order chi connectivity index (χ1) is 11.7. The van der Waals surface area contributed by atoms with Crippen molar-refractivity contribution in [3.8, 4) is 0 Å². The van der Waals surface area contributed by atoms with Crippen molar-refractivity contribution < 1.29 is 0 Å². The first-order valence-electron chi connectivity index (χ1n) is 11.3. The molecule has 2 N–H and O–H groups in total. The Morgan fingerprint density at radius 2 is 1.08 bits per heavy atom. The van der Waals surface area contributed by atoms with Crippen LogP contribution in [0.25, 0.3) is 0 Å². The molecule has 0 spiro atoms. The van der Waals surface area contributed by atoms with E-state index >= 15 is 0 Å². The summed E-state index contributed by atoms with van der Waals surface area (Å²) < 4.78 is 0. The van der Waals surface area contributed by atoms with E-state index in [1.54, 1.807) is 0 Å². The van der Waals surface area contributed by atoms with E-state index in [0.717, 1.165) is 17.8 Å². The average molecular weight is 365 g/mol. The molecule has 2 nitrogen and oxygen atoms in total. The van der Waals surface area contributed by atoms with Gasteiger partial charge in [0.05, 0.1) is 0 Å². The number of nitrogens with one attached hydrogen (secondary N) is 2. The Bertz CT molecular complexity index is 429. The second kappa shape index (κ2) is 7.74. The molecule has 2 aliphatic heterocycles. The van der Waals surface area contributed by atoms with E-state index in [2.05, 4.69) is 72.9 Å². The molecule has 0 radical (unpaired) electrons. The summed E-state index contributed by atoms with van der Waals surface area (Å²) in [5, 5.41) is 7.69. The predicted molar refractivity (Wildman–Crippen MR) is 116 cm³/mol. The van der Waals surface area contributed by atoms with E-state index in [9.17, 15) is 0 Å². The van der Waals surface area contributed by atoms with Crippen molar-refractivity contribution in [1.82, 2.24) is 10.6 Å². The van der Waals surface area contributed by atoms with Gasteiger partial charge in [-0.3, -0.25) is 0 Å². The van der Waals surface area contributed by atoms with Crippen LogP contribution in [0.5, 0.6) is 0 Å². The molecular formula is C24H48N2. The van der Waals surface area contributed by atoms with Gasteiger partial charge in [0.15, 0.2) is 0 Å². The van der Waals surface area contributed by atoms with Crippen LogP contribution in [0.3, 0.4) is 0 Å². The minimum Gasteiger partial charge on any atom is -0.307 e. The predicted octanol–water partition coefficient (Wildman–Crippen LogP) is 6.30. The zero-order chi connectivity index (χ0) is 19.8. The summed E-state index contributed by atoms with van der Waals surface area (Å²) in [6, 6.07) is 0. The van der Waals surface area contributed by atoms with Crippen molar-refractivity contribution in [1.29, 1.82) is 0 Å². The molecule has 1 atom stereocenters. The minimum absolute atomic E-state index is 0.286. The number of hydrogen-bond acceptors (Lipinski definition) is 2. The maximum absolute atomic E-state index is 3.85. The highest BCUT2D eigenvalue weighted by atomic mass is 15.1. The molecule has 0 aromatic rings. The zero-order valence-corrected chi connectivity index (χ0v) is 19.4. The third-order valence-electron chi connectivity index (χ3n) is 6.78. The zero-order valence-electron chi connectivity index (χ0n) is 19.4. The van der Waals surface area contributed by atoms with Crippen molar-refractivity contribution in [3.05, 3.63) is 0 Å². The molecule has 1 unspecified atom stereocenters. The van der Waals surface area contributed by atoms with Gasteiger partial charge in [0.25, 0.3) is 0 Å². The summed E-state index contributed by atoms with van der Waals surface area (Å²) >= 11 is 0. The molecule has 0 bridgehead atoms. The van der Waals surface area contributed by atoms with E-state index in [4.69, 9.17) is 0 Å². The first kappa shape index (κ1) is 22.2. The third-order valence-corrected chi connectivity index (χ3v) is 6.78. The fraction of sp³-hybridized carbons (Fsp3) is 1.00. The van der Waals surface area contributed by atoms with E-state index in [-0.39, 0.29) is 22.2 Å². The van der Waals surface area contributed by atoms with Gasteiger partial charge in [0.1, 0.15) is 0 Å². The highest BCUT2D eigenvalue weighted by molar-refractivity contribution is 4.98. The van der Waals surface area contributed by atoms with Crippen LogP contribution >= 0.6 is 0 Å². The van der Waals surface area contributed by atoms with Gasteiger partial charge in [0.2, 0.25) is 0 Å². The molecule has 2 fully saturated rings. The molecule has 26 heavy (non-hydrogen) atoms. The normalized spacial score (nSPS) is 29.4. The van der Waals surface area contributed by atoms with Gasteiger partial charge in [-0.25, -0.2) is 0 Å². The summed E-state index contributed by atoms with van der Waals surface area (Å²) in [6.07, 6.45) is 11.0. The Hall–Kier alpha value is -0.0800. The van der Waals surface area contributed by atoms with Gasteiger partial charge in [-0.1, -0.05) is 26.2 Å². The van der Waals surface area contributed by atoms with Crippen molar-refractivity contribution in [2.24, 2.45) is 17.8 Å². The van der Waals surface area contributed by atoms with E-state index < -0.39 is 0 Å². The quantitative estimate of drug-likeness (QED) is 0.578. The lowest BCUT2D eigenvalue weighted by atomic mass is 9.70. The van der Waals surface area contributed by atoms with Crippen LogP contribution in [-0.4, -0.2) is 22.2 Å². The Morgan fingerprint density at radius 1 is 0.692 bits per heavy atom. The van der Waals surface area contributed by atoms with Crippen LogP contribution in [0.2, 0.25) is 0 Å². The lowest BCUT2D eigenvalue weighted by molar-refractivity contribution is 0.100. The van der Waals surface area contributed by atoms with Gasteiger partial charge in [-0.2, -0.15) is 0 Å². The molecule has 2 saturated heterocycles. The van der Waals surface area contributed by atoms with Crippen molar-refractivity contribution in [3.63, 3.8) is 0 Å². The van der Waals surface area contributed by atoms with Crippen LogP contribution in [0.15, 0.2) is 0 Å². The van der Waals surface area contributed by atoms with E-state index in [1.165, 1.54) is 51.4 Å². The smallest absolute Gasteiger partial charge is 0.0132 e. The molecule has 2 heterocycles. The molecule has 0 aromatic carbocycles. The largest absolute Gasteiger partial charge is 0.307 e. The topological polar surface area (TPSA) is 24.1 Å². The Morgan fingerprint density at radius 3 is 1.46 bits per heavy atom. The average Bonchev–Trinajstić information content (AvgIpc) is 2.36. The molecule has 2 rings (SSSR count). The maximum atomic E-state index is 3.85. The fourth-order valence-corrected chi connectivity index (χ4v) is 6.87. The lowest BCUT2D eigenvalue weighted by Crippen LogP contribution is -2.58. The standard InChI is InChI=1S/C24H48N2/c1-10-18(13-20-16-23(6,7)26-24(8,9)17-20)11-12-19-14-21(2,3)25-22(4,5)15-19/h18-20,25-26H,10-17H2,1-9H3. The summed E-state index contributed by atoms with van der Waals surface area (Å²) in [5.41, 5.74) is 1.15. The highest BCUT2D eigenvalue weighted by Gasteiger charge is 2.39. The van der Waals surface area contributed by atoms with E-state index in [1.807, 2.05) is 0 Å². The highest BCUT2D eigenvalue weighted by Crippen LogP contribution is 2.40.